The Kier molecular flexibility index (Phi) is 3.41. The standard InChI is InChI=1S/C12H20N2O/c1-9-3-5-11(6-4-9)13-8-12-14-7-10(2)15-12/h7,9,11,13H,3-6,8H2,1-2H3. The van der Waals surface area contributed by atoms with Gasteiger partial charge in [0, 0.05) is 6.04 Å². The average molecular weight is 208 g/mol. The quantitative estimate of drug-likeness (QED) is 0.829. The second-order valence-corrected chi connectivity index (χ2v) is 4.70. The largest absolute Gasteiger partial charge is 0.445 e. The van der Waals surface area contributed by atoms with E-state index in [1.165, 1.54) is 25.7 Å². The van der Waals surface area contributed by atoms with Crippen LogP contribution in [0.5, 0.6) is 0 Å². The first kappa shape index (κ1) is 10.7. The number of nitrogens with one attached hydrogen (secondary N) is 1. The summed E-state index contributed by atoms with van der Waals surface area (Å²) in [6.45, 7) is 5.04. The molecular formula is C12H20N2O. The van der Waals surface area contributed by atoms with Crippen molar-refractivity contribution in [3.8, 4) is 0 Å². The van der Waals surface area contributed by atoms with Crippen LogP contribution < -0.4 is 5.32 Å². The van der Waals surface area contributed by atoms with Gasteiger partial charge in [0.25, 0.3) is 0 Å². The van der Waals surface area contributed by atoms with Gasteiger partial charge in [-0.15, -0.1) is 0 Å². The van der Waals surface area contributed by atoms with Crippen molar-refractivity contribution in [2.45, 2.75) is 52.1 Å². The highest BCUT2D eigenvalue weighted by atomic mass is 16.4. The third-order valence-corrected chi connectivity index (χ3v) is 3.23. The molecule has 0 amide bonds. The van der Waals surface area contributed by atoms with Crippen LogP contribution in [-0.2, 0) is 6.54 Å². The molecule has 0 aliphatic heterocycles. The van der Waals surface area contributed by atoms with Crippen molar-refractivity contribution in [3.05, 3.63) is 17.8 Å². The number of rotatable bonds is 3. The number of nitrogens with zero attached hydrogens (tertiary/aromatic N) is 1. The Labute approximate surface area is 91.3 Å². The molecule has 1 saturated carbocycles. The van der Waals surface area contributed by atoms with Gasteiger partial charge in [0.15, 0.2) is 0 Å². The summed E-state index contributed by atoms with van der Waals surface area (Å²) in [5, 5.41) is 3.52. The van der Waals surface area contributed by atoms with Crippen LogP contribution in [0.25, 0.3) is 0 Å². The van der Waals surface area contributed by atoms with Gasteiger partial charge >= 0.3 is 0 Å². The molecule has 3 nitrogen and oxygen atoms in total. The van der Waals surface area contributed by atoms with Crippen LogP contribution >= 0.6 is 0 Å². The highest BCUT2D eigenvalue weighted by molar-refractivity contribution is 4.91. The minimum absolute atomic E-state index is 0.661. The van der Waals surface area contributed by atoms with Crippen molar-refractivity contribution >= 4 is 0 Å². The Morgan fingerprint density at radius 2 is 2.13 bits per heavy atom. The molecule has 0 saturated heterocycles. The van der Waals surface area contributed by atoms with Gasteiger partial charge in [0.1, 0.15) is 5.76 Å². The summed E-state index contributed by atoms with van der Waals surface area (Å²) in [5.74, 6) is 2.61. The zero-order chi connectivity index (χ0) is 10.7. The molecule has 0 aromatic carbocycles. The van der Waals surface area contributed by atoms with Gasteiger partial charge in [-0.05, 0) is 38.5 Å². The van der Waals surface area contributed by atoms with E-state index in [9.17, 15) is 0 Å². The van der Waals surface area contributed by atoms with Gasteiger partial charge in [-0.25, -0.2) is 4.98 Å². The van der Waals surface area contributed by atoms with Crippen molar-refractivity contribution in [1.82, 2.24) is 10.3 Å². The predicted octanol–water partition coefficient (Wildman–Crippen LogP) is 2.65. The first-order chi connectivity index (χ1) is 7.24. The van der Waals surface area contributed by atoms with Crippen LogP contribution in [0.4, 0.5) is 0 Å². The van der Waals surface area contributed by atoms with Gasteiger partial charge in [-0.2, -0.15) is 0 Å². The van der Waals surface area contributed by atoms with E-state index >= 15 is 0 Å². The fourth-order valence-electron chi connectivity index (χ4n) is 2.18. The number of hydrogen-bond acceptors (Lipinski definition) is 3. The molecule has 0 spiro atoms. The molecule has 1 aromatic heterocycles. The number of aryl methyl sites for hydroxylation is 1. The molecule has 15 heavy (non-hydrogen) atoms. The van der Waals surface area contributed by atoms with Crippen molar-refractivity contribution in [3.63, 3.8) is 0 Å². The van der Waals surface area contributed by atoms with E-state index in [-0.39, 0.29) is 0 Å². The molecule has 3 heteroatoms. The van der Waals surface area contributed by atoms with Crippen molar-refractivity contribution in [2.24, 2.45) is 5.92 Å². The smallest absolute Gasteiger partial charge is 0.208 e. The van der Waals surface area contributed by atoms with Gasteiger partial charge in [0.2, 0.25) is 5.89 Å². The lowest BCUT2D eigenvalue weighted by Crippen LogP contribution is -2.32. The maximum Gasteiger partial charge on any atom is 0.208 e. The van der Waals surface area contributed by atoms with Crippen LogP contribution in [0.15, 0.2) is 10.6 Å². The Hall–Kier alpha value is -0.830. The first-order valence-electron chi connectivity index (χ1n) is 5.88. The molecule has 0 radical (unpaired) electrons. The zero-order valence-corrected chi connectivity index (χ0v) is 9.62. The second kappa shape index (κ2) is 4.79. The predicted molar refractivity (Wildman–Crippen MR) is 59.5 cm³/mol. The van der Waals surface area contributed by atoms with E-state index < -0.39 is 0 Å². The van der Waals surface area contributed by atoms with E-state index in [1.54, 1.807) is 6.20 Å². The average Bonchev–Trinajstić information content (AvgIpc) is 2.64. The number of hydrogen-bond donors (Lipinski definition) is 1. The second-order valence-electron chi connectivity index (χ2n) is 4.70. The lowest BCUT2D eigenvalue weighted by atomic mass is 9.87. The molecule has 2 rings (SSSR count). The van der Waals surface area contributed by atoms with Gasteiger partial charge in [-0.3, -0.25) is 0 Å². The summed E-state index contributed by atoms with van der Waals surface area (Å²) in [7, 11) is 0. The van der Waals surface area contributed by atoms with Crippen LogP contribution in [0, 0.1) is 12.8 Å². The lowest BCUT2D eigenvalue weighted by Gasteiger charge is -2.26. The normalized spacial score (nSPS) is 26.8. The van der Waals surface area contributed by atoms with Gasteiger partial charge < -0.3 is 9.73 Å². The summed E-state index contributed by atoms with van der Waals surface area (Å²) < 4.78 is 5.42. The Bertz CT molecular complexity index is 300. The molecule has 1 aromatic rings. The van der Waals surface area contributed by atoms with Crippen LogP contribution in [0.3, 0.4) is 0 Å². The molecule has 1 heterocycles. The molecule has 0 bridgehead atoms. The monoisotopic (exact) mass is 208 g/mol. The fraction of sp³-hybridized carbons (Fsp3) is 0.750. The molecule has 1 fully saturated rings. The van der Waals surface area contributed by atoms with E-state index in [4.69, 9.17) is 4.42 Å². The molecule has 0 unspecified atom stereocenters. The summed E-state index contributed by atoms with van der Waals surface area (Å²) in [4.78, 5) is 4.19. The topological polar surface area (TPSA) is 38.1 Å². The van der Waals surface area contributed by atoms with E-state index in [1.807, 2.05) is 6.92 Å². The van der Waals surface area contributed by atoms with Crippen molar-refractivity contribution in [2.75, 3.05) is 0 Å². The Balaban J connectivity index is 1.74. The third-order valence-electron chi connectivity index (χ3n) is 3.23. The molecule has 1 aliphatic carbocycles. The first-order valence-corrected chi connectivity index (χ1v) is 5.88. The Morgan fingerprint density at radius 3 is 2.73 bits per heavy atom. The molecule has 84 valence electrons. The maximum atomic E-state index is 5.42. The van der Waals surface area contributed by atoms with Crippen LogP contribution in [-0.4, -0.2) is 11.0 Å². The van der Waals surface area contributed by atoms with E-state index in [0.717, 1.165) is 24.1 Å². The van der Waals surface area contributed by atoms with Gasteiger partial charge in [0.05, 0.1) is 12.7 Å². The lowest BCUT2D eigenvalue weighted by molar-refractivity contribution is 0.297. The highest BCUT2D eigenvalue weighted by Gasteiger charge is 2.17. The molecule has 1 aliphatic rings. The minimum Gasteiger partial charge on any atom is -0.445 e. The SMILES string of the molecule is Cc1cnc(CNC2CCC(C)CC2)o1. The van der Waals surface area contributed by atoms with E-state index in [2.05, 4.69) is 17.2 Å². The summed E-state index contributed by atoms with van der Waals surface area (Å²) in [5.41, 5.74) is 0. The number of oxazole rings is 1. The molecule has 1 N–H and O–H groups in total. The maximum absolute atomic E-state index is 5.42. The van der Waals surface area contributed by atoms with Crippen LogP contribution in [0.1, 0.15) is 44.3 Å². The minimum atomic E-state index is 0.661. The summed E-state index contributed by atoms with van der Waals surface area (Å²) >= 11 is 0. The summed E-state index contributed by atoms with van der Waals surface area (Å²) in [6.07, 6.45) is 7.06. The van der Waals surface area contributed by atoms with E-state index in [0.29, 0.717) is 6.04 Å². The molecular weight excluding hydrogens is 188 g/mol. The third kappa shape index (κ3) is 3.06. The van der Waals surface area contributed by atoms with Crippen molar-refractivity contribution < 1.29 is 4.42 Å². The number of aromatic nitrogens is 1. The highest BCUT2D eigenvalue weighted by Crippen LogP contribution is 2.23. The summed E-state index contributed by atoms with van der Waals surface area (Å²) in [6, 6.07) is 0.661. The van der Waals surface area contributed by atoms with Gasteiger partial charge in [-0.1, -0.05) is 6.92 Å². The fourth-order valence-corrected chi connectivity index (χ4v) is 2.18. The Morgan fingerprint density at radius 1 is 1.40 bits per heavy atom. The zero-order valence-electron chi connectivity index (χ0n) is 9.62. The molecule has 0 atom stereocenters. The van der Waals surface area contributed by atoms with Crippen LogP contribution in [0.2, 0.25) is 0 Å². The van der Waals surface area contributed by atoms with Crippen molar-refractivity contribution in [1.29, 1.82) is 0 Å².